The van der Waals surface area contributed by atoms with Crippen LogP contribution in [0.15, 0.2) is 0 Å². The lowest BCUT2D eigenvalue weighted by Gasteiger charge is -2.34. The van der Waals surface area contributed by atoms with E-state index in [9.17, 15) is 15.0 Å². The summed E-state index contributed by atoms with van der Waals surface area (Å²) in [6.07, 6.45) is 4.55. The molecule has 1 rings (SSSR count). The van der Waals surface area contributed by atoms with E-state index in [0.29, 0.717) is 24.7 Å². The summed E-state index contributed by atoms with van der Waals surface area (Å²) in [6, 6.07) is -0.156. The first-order chi connectivity index (χ1) is 11.1. The van der Waals surface area contributed by atoms with Crippen LogP contribution in [0.1, 0.15) is 79.6 Å². The van der Waals surface area contributed by atoms with Crippen LogP contribution in [0.5, 0.6) is 0 Å². The molecule has 1 fully saturated rings. The van der Waals surface area contributed by atoms with Crippen molar-refractivity contribution in [2.75, 3.05) is 0 Å². The van der Waals surface area contributed by atoms with Gasteiger partial charge in [0, 0.05) is 6.04 Å². The Labute approximate surface area is 147 Å². The minimum atomic E-state index is -0.825. The molecule has 1 amide bonds. The molecule has 0 radical (unpaired) electrons. The molecule has 142 valence electrons. The zero-order valence-corrected chi connectivity index (χ0v) is 16.0. The first-order valence-corrected chi connectivity index (χ1v) is 9.44. The van der Waals surface area contributed by atoms with Crippen LogP contribution in [0.4, 0.5) is 4.79 Å². The minimum absolute atomic E-state index is 0.156. The Kier molecular flexibility index (Phi) is 8.51. The van der Waals surface area contributed by atoms with Gasteiger partial charge in [-0.25, -0.2) is 4.79 Å². The predicted octanol–water partition coefficient (Wildman–Crippen LogP) is 3.62. The highest BCUT2D eigenvalue weighted by Crippen LogP contribution is 2.29. The zero-order chi connectivity index (χ0) is 18.3. The molecule has 2 unspecified atom stereocenters. The summed E-state index contributed by atoms with van der Waals surface area (Å²) >= 11 is 0. The van der Waals surface area contributed by atoms with E-state index in [-0.39, 0.29) is 6.04 Å². The highest BCUT2D eigenvalue weighted by atomic mass is 16.6. The van der Waals surface area contributed by atoms with E-state index in [0.717, 1.165) is 25.7 Å². The lowest BCUT2D eigenvalue weighted by atomic mass is 9.81. The Morgan fingerprint density at radius 3 is 2.12 bits per heavy atom. The first kappa shape index (κ1) is 21.2. The second-order valence-electron chi connectivity index (χ2n) is 8.65. The number of carbonyl (C=O) groups excluding carboxylic acids is 1. The Hall–Kier alpha value is -0.810. The van der Waals surface area contributed by atoms with Crippen molar-refractivity contribution < 1.29 is 19.7 Å². The summed E-state index contributed by atoms with van der Waals surface area (Å²) in [5, 5.41) is 23.5. The number of amides is 1. The average Bonchev–Trinajstić information content (AvgIpc) is 2.44. The third kappa shape index (κ3) is 8.34. The Bertz CT molecular complexity index is 372. The lowest BCUT2D eigenvalue weighted by Crippen LogP contribution is -2.46. The summed E-state index contributed by atoms with van der Waals surface area (Å²) in [5.41, 5.74) is -0.545. The molecule has 0 heterocycles. The van der Waals surface area contributed by atoms with E-state index in [1.54, 1.807) is 0 Å². The van der Waals surface area contributed by atoms with Crippen molar-refractivity contribution in [1.29, 1.82) is 0 Å². The van der Waals surface area contributed by atoms with E-state index in [2.05, 4.69) is 5.32 Å². The van der Waals surface area contributed by atoms with Gasteiger partial charge in [0.1, 0.15) is 5.60 Å². The topological polar surface area (TPSA) is 78.8 Å². The van der Waals surface area contributed by atoms with Crippen LogP contribution < -0.4 is 5.32 Å². The number of alkyl carbamates (subject to hydrolysis) is 1. The molecular weight excluding hydrogens is 306 g/mol. The standard InChI is InChI=1S/C19H37NO4/c1-13(2)11-16(21)17(22)12-15(14-9-7-6-8-10-14)20-18(23)24-19(3,4)5/h13-17,21-22H,6-12H2,1-5H3,(H,20,23)/t15?,16?,17-/m0/s1. The van der Waals surface area contributed by atoms with Crippen molar-refractivity contribution in [2.24, 2.45) is 11.8 Å². The molecule has 0 aliphatic heterocycles. The molecule has 0 saturated heterocycles. The van der Waals surface area contributed by atoms with Gasteiger partial charge >= 0.3 is 6.09 Å². The van der Waals surface area contributed by atoms with Gasteiger partial charge in [0.15, 0.2) is 0 Å². The average molecular weight is 344 g/mol. The van der Waals surface area contributed by atoms with Crippen LogP contribution >= 0.6 is 0 Å². The van der Waals surface area contributed by atoms with Crippen molar-refractivity contribution in [3.8, 4) is 0 Å². The molecule has 0 aromatic carbocycles. The fraction of sp³-hybridized carbons (Fsp3) is 0.947. The molecule has 1 saturated carbocycles. The molecule has 1 aliphatic carbocycles. The lowest BCUT2D eigenvalue weighted by molar-refractivity contribution is -0.00936. The van der Waals surface area contributed by atoms with Crippen molar-refractivity contribution in [1.82, 2.24) is 5.32 Å². The number of aliphatic hydroxyl groups is 2. The number of rotatable bonds is 7. The maximum Gasteiger partial charge on any atom is 0.407 e. The highest BCUT2D eigenvalue weighted by molar-refractivity contribution is 5.68. The van der Waals surface area contributed by atoms with Gasteiger partial charge in [-0.2, -0.15) is 0 Å². The summed E-state index contributed by atoms with van der Waals surface area (Å²) in [7, 11) is 0. The van der Waals surface area contributed by atoms with Gasteiger partial charge in [0.25, 0.3) is 0 Å². The maximum atomic E-state index is 12.2. The number of aliphatic hydroxyl groups excluding tert-OH is 2. The molecule has 0 spiro atoms. The zero-order valence-electron chi connectivity index (χ0n) is 16.0. The summed E-state index contributed by atoms with van der Waals surface area (Å²) in [5.74, 6) is 0.661. The first-order valence-electron chi connectivity index (χ1n) is 9.44. The maximum absolute atomic E-state index is 12.2. The molecular formula is C19H37NO4. The number of nitrogens with one attached hydrogen (secondary N) is 1. The van der Waals surface area contributed by atoms with Crippen LogP contribution in [0.25, 0.3) is 0 Å². The summed E-state index contributed by atoms with van der Waals surface area (Å²) < 4.78 is 5.37. The molecule has 5 heteroatoms. The van der Waals surface area contributed by atoms with E-state index in [1.165, 1.54) is 6.42 Å². The van der Waals surface area contributed by atoms with E-state index in [4.69, 9.17) is 4.74 Å². The van der Waals surface area contributed by atoms with Gasteiger partial charge in [0.2, 0.25) is 0 Å². The molecule has 0 bridgehead atoms. The van der Waals surface area contributed by atoms with Crippen molar-refractivity contribution in [3.05, 3.63) is 0 Å². The smallest absolute Gasteiger partial charge is 0.407 e. The molecule has 0 aromatic heterocycles. The van der Waals surface area contributed by atoms with Gasteiger partial charge in [-0.3, -0.25) is 0 Å². The van der Waals surface area contributed by atoms with Crippen LogP contribution in [-0.2, 0) is 4.74 Å². The van der Waals surface area contributed by atoms with Crippen LogP contribution in [0.3, 0.4) is 0 Å². The second-order valence-corrected chi connectivity index (χ2v) is 8.65. The summed E-state index contributed by atoms with van der Waals surface area (Å²) in [4.78, 5) is 12.2. The predicted molar refractivity (Wildman–Crippen MR) is 95.8 cm³/mol. The molecule has 0 aromatic rings. The normalized spacial score (nSPS) is 20.5. The van der Waals surface area contributed by atoms with Gasteiger partial charge in [-0.1, -0.05) is 33.1 Å². The number of hydrogen-bond donors (Lipinski definition) is 3. The molecule has 3 N–H and O–H groups in total. The van der Waals surface area contributed by atoms with Gasteiger partial charge in [0.05, 0.1) is 12.2 Å². The Morgan fingerprint density at radius 2 is 1.62 bits per heavy atom. The second kappa shape index (κ2) is 9.62. The number of ether oxygens (including phenoxy) is 1. The molecule has 5 nitrogen and oxygen atoms in total. The van der Waals surface area contributed by atoms with E-state index < -0.39 is 23.9 Å². The van der Waals surface area contributed by atoms with Gasteiger partial charge < -0.3 is 20.3 Å². The van der Waals surface area contributed by atoms with Gasteiger partial charge in [-0.15, -0.1) is 0 Å². The molecule has 1 aliphatic rings. The largest absolute Gasteiger partial charge is 0.444 e. The van der Waals surface area contributed by atoms with Crippen molar-refractivity contribution >= 4 is 6.09 Å². The Morgan fingerprint density at radius 1 is 1.08 bits per heavy atom. The third-order valence-electron chi connectivity index (χ3n) is 4.57. The van der Waals surface area contributed by atoms with Crippen LogP contribution in [0.2, 0.25) is 0 Å². The minimum Gasteiger partial charge on any atom is -0.444 e. The van der Waals surface area contributed by atoms with E-state index in [1.807, 2.05) is 34.6 Å². The monoisotopic (exact) mass is 343 g/mol. The van der Waals surface area contributed by atoms with Crippen LogP contribution in [0, 0.1) is 11.8 Å². The summed E-state index contributed by atoms with van der Waals surface area (Å²) in [6.45, 7) is 9.55. The fourth-order valence-electron chi connectivity index (χ4n) is 3.42. The van der Waals surface area contributed by atoms with Crippen molar-refractivity contribution in [2.45, 2.75) is 103 Å². The number of hydrogen-bond acceptors (Lipinski definition) is 4. The highest BCUT2D eigenvalue weighted by Gasteiger charge is 2.31. The molecule has 24 heavy (non-hydrogen) atoms. The van der Waals surface area contributed by atoms with Gasteiger partial charge in [-0.05, 0) is 58.3 Å². The fourth-order valence-corrected chi connectivity index (χ4v) is 3.42. The number of carbonyl (C=O) groups is 1. The SMILES string of the molecule is CC(C)CC(O)[C@@H](O)CC(NC(=O)OC(C)(C)C)C1CCCCC1. The van der Waals surface area contributed by atoms with Crippen LogP contribution in [-0.4, -0.2) is 40.2 Å². The third-order valence-corrected chi connectivity index (χ3v) is 4.57. The quantitative estimate of drug-likeness (QED) is 0.660. The Balaban J connectivity index is 2.68. The van der Waals surface area contributed by atoms with E-state index >= 15 is 0 Å². The van der Waals surface area contributed by atoms with Crippen molar-refractivity contribution in [3.63, 3.8) is 0 Å². The molecule has 3 atom stereocenters.